The van der Waals surface area contributed by atoms with Crippen LogP contribution in [-0.4, -0.2) is 22.9 Å². The molecule has 0 radical (unpaired) electrons. The maximum Gasteiger partial charge on any atom is 0.417 e. The van der Waals surface area contributed by atoms with Crippen LogP contribution in [0.5, 0.6) is 0 Å². The third-order valence-corrected chi connectivity index (χ3v) is 2.26. The zero-order valence-corrected chi connectivity index (χ0v) is 10.3. The SMILES string of the molecule is CC(=O)N(C(=O)OCc1ccccc1)C(C)C. The van der Waals surface area contributed by atoms with Gasteiger partial charge < -0.3 is 4.74 Å². The quantitative estimate of drug-likeness (QED) is 0.809. The molecular weight excluding hydrogens is 218 g/mol. The smallest absolute Gasteiger partial charge is 0.417 e. The Balaban J connectivity index is 2.57. The van der Waals surface area contributed by atoms with E-state index in [1.165, 1.54) is 6.92 Å². The van der Waals surface area contributed by atoms with Crippen LogP contribution in [0.25, 0.3) is 0 Å². The monoisotopic (exact) mass is 235 g/mol. The van der Waals surface area contributed by atoms with Crippen molar-refractivity contribution < 1.29 is 14.3 Å². The second-order valence-corrected chi connectivity index (χ2v) is 4.02. The van der Waals surface area contributed by atoms with Crippen molar-refractivity contribution in [2.75, 3.05) is 0 Å². The van der Waals surface area contributed by atoms with Crippen molar-refractivity contribution in [3.05, 3.63) is 35.9 Å². The van der Waals surface area contributed by atoms with Gasteiger partial charge in [0.05, 0.1) is 0 Å². The maximum atomic E-state index is 11.7. The van der Waals surface area contributed by atoms with Crippen molar-refractivity contribution in [1.29, 1.82) is 0 Å². The van der Waals surface area contributed by atoms with E-state index in [0.29, 0.717) is 0 Å². The predicted octanol–water partition coefficient (Wildman–Crippen LogP) is 2.58. The first-order valence-corrected chi connectivity index (χ1v) is 5.53. The second-order valence-electron chi connectivity index (χ2n) is 4.02. The highest BCUT2D eigenvalue weighted by atomic mass is 16.6. The van der Waals surface area contributed by atoms with Crippen LogP contribution in [0.15, 0.2) is 30.3 Å². The molecule has 0 N–H and O–H groups in total. The van der Waals surface area contributed by atoms with Gasteiger partial charge in [0.1, 0.15) is 6.61 Å². The lowest BCUT2D eigenvalue weighted by molar-refractivity contribution is -0.128. The van der Waals surface area contributed by atoms with Gasteiger partial charge in [0, 0.05) is 13.0 Å². The fourth-order valence-electron chi connectivity index (χ4n) is 1.49. The van der Waals surface area contributed by atoms with Crippen LogP contribution >= 0.6 is 0 Å². The van der Waals surface area contributed by atoms with Gasteiger partial charge in [0.2, 0.25) is 5.91 Å². The molecule has 17 heavy (non-hydrogen) atoms. The Kier molecular flexibility index (Phi) is 4.69. The number of hydrogen-bond acceptors (Lipinski definition) is 3. The van der Waals surface area contributed by atoms with Crippen molar-refractivity contribution in [1.82, 2.24) is 4.90 Å². The first-order valence-electron chi connectivity index (χ1n) is 5.53. The molecule has 0 saturated carbocycles. The van der Waals surface area contributed by atoms with Crippen LogP contribution in [0.3, 0.4) is 0 Å². The molecule has 0 atom stereocenters. The number of carbonyl (C=O) groups excluding carboxylic acids is 2. The van der Waals surface area contributed by atoms with Gasteiger partial charge in [-0.2, -0.15) is 0 Å². The molecular formula is C13H17NO3. The number of benzene rings is 1. The molecule has 0 aliphatic carbocycles. The van der Waals surface area contributed by atoms with Crippen molar-refractivity contribution in [2.45, 2.75) is 33.4 Å². The summed E-state index contributed by atoms with van der Waals surface area (Å²) in [7, 11) is 0. The Morgan fingerprint density at radius 2 is 1.82 bits per heavy atom. The van der Waals surface area contributed by atoms with Crippen molar-refractivity contribution in [3.8, 4) is 0 Å². The summed E-state index contributed by atoms with van der Waals surface area (Å²) in [4.78, 5) is 24.0. The lowest BCUT2D eigenvalue weighted by Gasteiger charge is -2.22. The van der Waals surface area contributed by atoms with E-state index in [1.807, 2.05) is 30.3 Å². The van der Waals surface area contributed by atoms with Gasteiger partial charge in [-0.15, -0.1) is 0 Å². The summed E-state index contributed by atoms with van der Waals surface area (Å²) in [5, 5.41) is 0. The van der Waals surface area contributed by atoms with Crippen LogP contribution in [0.4, 0.5) is 4.79 Å². The predicted molar refractivity (Wildman–Crippen MR) is 64.3 cm³/mol. The van der Waals surface area contributed by atoms with E-state index in [-0.39, 0.29) is 18.6 Å². The first-order chi connectivity index (χ1) is 8.02. The highest BCUT2D eigenvalue weighted by Gasteiger charge is 2.22. The minimum Gasteiger partial charge on any atom is -0.444 e. The Morgan fingerprint density at radius 1 is 1.24 bits per heavy atom. The molecule has 0 fully saturated rings. The Bertz CT molecular complexity index is 387. The number of nitrogens with zero attached hydrogens (tertiary/aromatic N) is 1. The Labute approximate surface area is 101 Å². The van der Waals surface area contributed by atoms with Gasteiger partial charge in [-0.1, -0.05) is 30.3 Å². The minimum atomic E-state index is -0.601. The molecule has 1 rings (SSSR count). The fourth-order valence-corrected chi connectivity index (χ4v) is 1.49. The van der Waals surface area contributed by atoms with Crippen LogP contribution < -0.4 is 0 Å². The van der Waals surface area contributed by atoms with E-state index in [1.54, 1.807) is 13.8 Å². The van der Waals surface area contributed by atoms with E-state index in [2.05, 4.69) is 0 Å². The molecule has 4 heteroatoms. The summed E-state index contributed by atoms with van der Waals surface area (Å²) < 4.78 is 5.08. The summed E-state index contributed by atoms with van der Waals surface area (Å²) in [6.07, 6.45) is -0.601. The Morgan fingerprint density at radius 3 is 2.29 bits per heavy atom. The molecule has 0 aliphatic rings. The van der Waals surface area contributed by atoms with E-state index in [0.717, 1.165) is 10.5 Å². The number of rotatable bonds is 3. The largest absolute Gasteiger partial charge is 0.444 e. The summed E-state index contributed by atoms with van der Waals surface area (Å²) in [5.41, 5.74) is 0.896. The molecule has 0 aliphatic heterocycles. The molecule has 0 heterocycles. The van der Waals surface area contributed by atoms with Gasteiger partial charge in [-0.25, -0.2) is 9.69 Å². The van der Waals surface area contributed by atoms with Crippen LogP contribution in [0.2, 0.25) is 0 Å². The highest BCUT2D eigenvalue weighted by Crippen LogP contribution is 2.06. The molecule has 92 valence electrons. The van der Waals surface area contributed by atoms with Gasteiger partial charge in [0.25, 0.3) is 0 Å². The van der Waals surface area contributed by atoms with Crippen molar-refractivity contribution in [2.24, 2.45) is 0 Å². The van der Waals surface area contributed by atoms with Crippen molar-refractivity contribution in [3.63, 3.8) is 0 Å². The lowest BCUT2D eigenvalue weighted by Crippen LogP contribution is -2.40. The number of ether oxygens (including phenoxy) is 1. The molecule has 0 spiro atoms. The second kappa shape index (κ2) is 6.03. The van der Waals surface area contributed by atoms with Crippen LogP contribution in [0.1, 0.15) is 26.3 Å². The van der Waals surface area contributed by atoms with E-state index in [4.69, 9.17) is 4.74 Å². The lowest BCUT2D eigenvalue weighted by atomic mass is 10.2. The number of hydrogen-bond donors (Lipinski definition) is 0. The third-order valence-electron chi connectivity index (χ3n) is 2.26. The zero-order valence-electron chi connectivity index (χ0n) is 10.3. The fraction of sp³-hybridized carbons (Fsp3) is 0.385. The first kappa shape index (κ1) is 13.2. The molecule has 2 amide bonds. The molecule has 4 nitrogen and oxygen atoms in total. The molecule has 0 saturated heterocycles. The maximum absolute atomic E-state index is 11.7. The summed E-state index contributed by atoms with van der Waals surface area (Å²) in [6.45, 7) is 5.07. The summed E-state index contributed by atoms with van der Waals surface area (Å²) in [5.74, 6) is -0.307. The average Bonchev–Trinajstić information content (AvgIpc) is 2.27. The van der Waals surface area contributed by atoms with Crippen LogP contribution in [0, 0.1) is 0 Å². The molecule has 0 aromatic heterocycles. The number of carbonyl (C=O) groups is 2. The van der Waals surface area contributed by atoms with E-state index < -0.39 is 6.09 Å². The molecule has 1 aromatic rings. The molecule has 0 unspecified atom stereocenters. The number of imide groups is 1. The third kappa shape index (κ3) is 3.90. The van der Waals surface area contributed by atoms with E-state index in [9.17, 15) is 9.59 Å². The van der Waals surface area contributed by atoms with Gasteiger partial charge >= 0.3 is 6.09 Å². The summed E-state index contributed by atoms with van der Waals surface area (Å²) in [6, 6.07) is 9.15. The molecule has 0 bridgehead atoms. The molecule has 1 aromatic carbocycles. The number of amides is 2. The van der Waals surface area contributed by atoms with Gasteiger partial charge in [-0.05, 0) is 19.4 Å². The highest BCUT2D eigenvalue weighted by molar-refractivity contribution is 5.90. The average molecular weight is 235 g/mol. The zero-order chi connectivity index (χ0) is 12.8. The topological polar surface area (TPSA) is 46.6 Å². The van der Waals surface area contributed by atoms with Gasteiger partial charge in [-0.3, -0.25) is 4.79 Å². The Hall–Kier alpha value is -1.84. The van der Waals surface area contributed by atoms with Crippen molar-refractivity contribution >= 4 is 12.0 Å². The van der Waals surface area contributed by atoms with Gasteiger partial charge in [0.15, 0.2) is 0 Å². The normalized spacial score (nSPS) is 10.1. The standard InChI is InChI=1S/C13H17NO3/c1-10(2)14(11(3)15)13(16)17-9-12-7-5-4-6-8-12/h4-8,10H,9H2,1-3H3. The summed E-state index contributed by atoms with van der Waals surface area (Å²) >= 11 is 0. The van der Waals surface area contributed by atoms with E-state index >= 15 is 0 Å². The minimum absolute atomic E-state index is 0.177. The van der Waals surface area contributed by atoms with Crippen LogP contribution in [-0.2, 0) is 16.1 Å².